The SMILES string of the molecule is CCNC(=NCC(O)c1ccco1)NCCC1CCN(CC(F)(F)F)CC1.I. The van der Waals surface area contributed by atoms with Crippen LogP contribution in [0.25, 0.3) is 0 Å². The topological polar surface area (TPSA) is 73.0 Å². The molecule has 0 bridgehead atoms. The Kier molecular flexibility index (Phi) is 11.2. The average molecular weight is 518 g/mol. The lowest BCUT2D eigenvalue weighted by molar-refractivity contribution is -0.148. The number of alkyl halides is 3. The van der Waals surface area contributed by atoms with Gasteiger partial charge in [-0.25, -0.2) is 0 Å². The molecular formula is C18H30F3IN4O2. The molecule has 162 valence electrons. The van der Waals surface area contributed by atoms with E-state index in [2.05, 4.69) is 15.6 Å². The highest BCUT2D eigenvalue weighted by Gasteiger charge is 2.32. The third-order valence-electron chi connectivity index (χ3n) is 4.59. The largest absolute Gasteiger partial charge is 0.467 e. The maximum Gasteiger partial charge on any atom is 0.401 e. The van der Waals surface area contributed by atoms with Crippen molar-refractivity contribution in [3.8, 4) is 0 Å². The van der Waals surface area contributed by atoms with Gasteiger partial charge in [0.1, 0.15) is 11.9 Å². The Hall–Kier alpha value is -1.01. The summed E-state index contributed by atoms with van der Waals surface area (Å²) in [5, 5.41) is 16.4. The molecule has 0 saturated carbocycles. The smallest absolute Gasteiger partial charge is 0.401 e. The van der Waals surface area contributed by atoms with Crippen LogP contribution in [0.1, 0.15) is 38.1 Å². The Morgan fingerprint density at radius 3 is 2.64 bits per heavy atom. The van der Waals surface area contributed by atoms with Crippen LogP contribution in [0, 0.1) is 5.92 Å². The van der Waals surface area contributed by atoms with Crippen LogP contribution < -0.4 is 10.6 Å². The Balaban J connectivity index is 0.00000392. The summed E-state index contributed by atoms with van der Waals surface area (Å²) in [6.45, 7) is 3.69. The lowest BCUT2D eigenvalue weighted by Crippen LogP contribution is -2.41. The van der Waals surface area contributed by atoms with Crippen molar-refractivity contribution >= 4 is 29.9 Å². The molecular weight excluding hydrogens is 488 g/mol. The molecule has 6 nitrogen and oxygen atoms in total. The lowest BCUT2D eigenvalue weighted by atomic mass is 9.93. The van der Waals surface area contributed by atoms with E-state index in [9.17, 15) is 18.3 Å². The number of aliphatic imine (C=N–C) groups is 1. The van der Waals surface area contributed by atoms with Gasteiger partial charge < -0.3 is 20.2 Å². The second kappa shape index (κ2) is 12.5. The van der Waals surface area contributed by atoms with Crippen LogP contribution in [0.3, 0.4) is 0 Å². The second-order valence-electron chi connectivity index (χ2n) is 6.80. The Morgan fingerprint density at radius 2 is 2.07 bits per heavy atom. The van der Waals surface area contributed by atoms with Crippen molar-refractivity contribution in [2.24, 2.45) is 10.9 Å². The molecule has 1 fully saturated rings. The van der Waals surface area contributed by atoms with Crippen LogP contribution in [0.5, 0.6) is 0 Å². The van der Waals surface area contributed by atoms with Crippen LogP contribution in [0.4, 0.5) is 13.2 Å². The highest BCUT2D eigenvalue weighted by Crippen LogP contribution is 2.24. The van der Waals surface area contributed by atoms with Gasteiger partial charge in [0.25, 0.3) is 0 Å². The van der Waals surface area contributed by atoms with Crippen LogP contribution in [-0.2, 0) is 0 Å². The van der Waals surface area contributed by atoms with Crippen molar-refractivity contribution in [1.29, 1.82) is 0 Å². The predicted octanol–water partition coefficient (Wildman–Crippen LogP) is 3.15. The summed E-state index contributed by atoms with van der Waals surface area (Å²) in [7, 11) is 0. The highest BCUT2D eigenvalue weighted by molar-refractivity contribution is 14.0. The molecule has 1 saturated heterocycles. The van der Waals surface area contributed by atoms with Crippen molar-refractivity contribution in [2.45, 2.75) is 38.5 Å². The summed E-state index contributed by atoms with van der Waals surface area (Å²) >= 11 is 0. The first-order valence-corrected chi connectivity index (χ1v) is 9.40. The Bertz CT molecular complexity index is 562. The van der Waals surface area contributed by atoms with E-state index in [1.54, 1.807) is 12.1 Å². The number of guanidine groups is 1. The molecule has 1 aliphatic heterocycles. The van der Waals surface area contributed by atoms with Gasteiger partial charge in [0.15, 0.2) is 5.96 Å². The summed E-state index contributed by atoms with van der Waals surface area (Å²) in [5.41, 5.74) is 0. The molecule has 1 atom stereocenters. The number of nitrogens with one attached hydrogen (secondary N) is 2. The fourth-order valence-corrected chi connectivity index (χ4v) is 3.17. The zero-order valence-electron chi connectivity index (χ0n) is 16.0. The Morgan fingerprint density at radius 1 is 1.36 bits per heavy atom. The number of halogens is 4. The van der Waals surface area contributed by atoms with E-state index in [1.807, 2.05) is 6.92 Å². The van der Waals surface area contributed by atoms with E-state index in [1.165, 1.54) is 11.2 Å². The third kappa shape index (κ3) is 9.46. The van der Waals surface area contributed by atoms with E-state index in [0.717, 1.165) is 19.3 Å². The van der Waals surface area contributed by atoms with Gasteiger partial charge in [-0.3, -0.25) is 9.89 Å². The fourth-order valence-electron chi connectivity index (χ4n) is 3.17. The molecule has 28 heavy (non-hydrogen) atoms. The van der Waals surface area contributed by atoms with Crippen molar-refractivity contribution < 1.29 is 22.7 Å². The molecule has 1 aromatic rings. The molecule has 10 heteroatoms. The molecule has 1 aliphatic rings. The zero-order chi connectivity index (χ0) is 19.7. The molecule has 0 aliphatic carbocycles. The molecule has 1 aromatic heterocycles. The summed E-state index contributed by atoms with van der Waals surface area (Å²) in [4.78, 5) is 5.83. The van der Waals surface area contributed by atoms with Crippen molar-refractivity contribution in [2.75, 3.05) is 39.3 Å². The second-order valence-corrected chi connectivity index (χ2v) is 6.80. The van der Waals surface area contributed by atoms with Crippen LogP contribution >= 0.6 is 24.0 Å². The van der Waals surface area contributed by atoms with Crippen LogP contribution in [-0.4, -0.2) is 61.4 Å². The molecule has 2 heterocycles. The summed E-state index contributed by atoms with van der Waals surface area (Å²) in [5.74, 6) is 1.50. The van der Waals surface area contributed by atoms with E-state index in [4.69, 9.17) is 4.42 Å². The van der Waals surface area contributed by atoms with Gasteiger partial charge in [-0.05, 0) is 57.3 Å². The number of aliphatic hydroxyl groups excluding tert-OH is 1. The fraction of sp³-hybridized carbons (Fsp3) is 0.722. The standard InChI is InChI=1S/C18H29F3N4O2.HI/c1-2-22-17(24-12-15(26)16-4-3-11-27-16)23-8-5-14-6-9-25(10-7-14)13-18(19,20)21;/h3-4,11,14-15,26H,2,5-10,12-13H2,1H3,(H2,22,23,24);1H. The van der Waals surface area contributed by atoms with E-state index < -0.39 is 18.8 Å². The zero-order valence-corrected chi connectivity index (χ0v) is 18.4. The summed E-state index contributed by atoms with van der Waals surface area (Å²) in [6.07, 6.45) is -0.971. The minimum atomic E-state index is -4.12. The number of hydrogen-bond acceptors (Lipinski definition) is 4. The normalized spacial score (nSPS) is 17.8. The third-order valence-corrected chi connectivity index (χ3v) is 4.59. The number of furan rings is 1. The summed E-state index contributed by atoms with van der Waals surface area (Å²) < 4.78 is 42.4. The maximum absolute atomic E-state index is 12.4. The van der Waals surface area contributed by atoms with E-state index in [0.29, 0.717) is 43.8 Å². The average Bonchev–Trinajstić information content (AvgIpc) is 3.14. The van der Waals surface area contributed by atoms with E-state index >= 15 is 0 Å². The first-order valence-electron chi connectivity index (χ1n) is 9.40. The first-order chi connectivity index (χ1) is 12.9. The van der Waals surface area contributed by atoms with Crippen LogP contribution in [0.15, 0.2) is 27.8 Å². The minimum Gasteiger partial charge on any atom is -0.467 e. The summed E-state index contributed by atoms with van der Waals surface area (Å²) in [6, 6.07) is 3.41. The van der Waals surface area contributed by atoms with Gasteiger partial charge in [0.2, 0.25) is 0 Å². The minimum absolute atomic E-state index is 0. The predicted molar refractivity (Wildman–Crippen MR) is 113 cm³/mol. The number of aliphatic hydroxyl groups is 1. The van der Waals surface area contributed by atoms with Gasteiger partial charge >= 0.3 is 6.18 Å². The van der Waals surface area contributed by atoms with Crippen molar-refractivity contribution in [1.82, 2.24) is 15.5 Å². The van der Waals surface area contributed by atoms with Gasteiger partial charge in [-0.2, -0.15) is 13.2 Å². The molecule has 2 rings (SSSR count). The molecule has 0 aromatic carbocycles. The van der Waals surface area contributed by atoms with Crippen LogP contribution in [0.2, 0.25) is 0 Å². The van der Waals surface area contributed by atoms with Gasteiger partial charge in [-0.1, -0.05) is 0 Å². The van der Waals surface area contributed by atoms with E-state index in [-0.39, 0.29) is 30.5 Å². The monoisotopic (exact) mass is 518 g/mol. The number of nitrogens with zero attached hydrogens (tertiary/aromatic N) is 2. The molecule has 0 amide bonds. The quantitative estimate of drug-likeness (QED) is 0.280. The van der Waals surface area contributed by atoms with Gasteiger partial charge in [-0.15, -0.1) is 24.0 Å². The number of piperidine rings is 1. The highest BCUT2D eigenvalue weighted by atomic mass is 127. The molecule has 0 spiro atoms. The van der Waals surface area contributed by atoms with Crippen molar-refractivity contribution in [3.05, 3.63) is 24.2 Å². The Labute approximate surface area is 181 Å². The number of likely N-dealkylation sites (tertiary alicyclic amines) is 1. The molecule has 3 N–H and O–H groups in total. The van der Waals surface area contributed by atoms with Crippen molar-refractivity contribution in [3.63, 3.8) is 0 Å². The number of rotatable bonds is 8. The number of hydrogen-bond donors (Lipinski definition) is 3. The first kappa shape index (κ1) is 25.0. The lowest BCUT2D eigenvalue weighted by Gasteiger charge is -2.32. The molecule has 1 unspecified atom stereocenters. The van der Waals surface area contributed by atoms with Gasteiger partial charge in [0, 0.05) is 13.1 Å². The molecule has 0 radical (unpaired) electrons. The maximum atomic E-state index is 12.4. The van der Waals surface area contributed by atoms with Gasteiger partial charge in [0.05, 0.1) is 19.4 Å².